The Morgan fingerprint density at radius 2 is 1.71 bits per heavy atom. The summed E-state index contributed by atoms with van der Waals surface area (Å²) in [6.07, 6.45) is 0.0928. The molecule has 0 unspecified atom stereocenters. The fourth-order valence-electron chi connectivity index (χ4n) is 4.03. The van der Waals surface area contributed by atoms with Crippen molar-refractivity contribution < 1.29 is 14.3 Å². The Kier molecular flexibility index (Phi) is 7.60. The van der Waals surface area contributed by atoms with Crippen molar-refractivity contribution in [3.63, 3.8) is 0 Å². The lowest BCUT2D eigenvalue weighted by Gasteiger charge is -2.11. The molecule has 0 aliphatic heterocycles. The summed E-state index contributed by atoms with van der Waals surface area (Å²) in [5.74, 6) is -0.137. The molecule has 1 N–H and O–H groups in total. The smallest absolute Gasteiger partial charge is 0.311 e. The topological polar surface area (TPSA) is 115 Å². The summed E-state index contributed by atoms with van der Waals surface area (Å²) >= 11 is 1.32. The minimum absolute atomic E-state index is 0.0928. The molecule has 2 heterocycles. The first-order chi connectivity index (χ1) is 18.6. The minimum atomic E-state index is -0.336. The van der Waals surface area contributed by atoms with Gasteiger partial charge in [0.25, 0.3) is 5.91 Å². The molecule has 0 atom stereocenters. The van der Waals surface area contributed by atoms with Gasteiger partial charge in [-0.2, -0.15) is 10.2 Å². The summed E-state index contributed by atoms with van der Waals surface area (Å²) in [6, 6.07) is 24.9. The van der Waals surface area contributed by atoms with Crippen LogP contribution in [0.3, 0.4) is 0 Å². The Balaban J connectivity index is 1.46. The van der Waals surface area contributed by atoms with Crippen LogP contribution in [0, 0.1) is 0 Å². The maximum absolute atomic E-state index is 12.8. The fraction of sp³-hybridized carbons (Fsp3) is 0.143. The van der Waals surface area contributed by atoms with Gasteiger partial charge in [0.15, 0.2) is 4.80 Å². The Morgan fingerprint density at radius 3 is 2.42 bits per heavy atom. The van der Waals surface area contributed by atoms with Crippen LogP contribution in [-0.2, 0) is 22.5 Å². The highest BCUT2D eigenvalue weighted by atomic mass is 32.1. The molecule has 3 aromatic carbocycles. The lowest BCUT2D eigenvalue weighted by atomic mass is 9.98. The lowest BCUT2D eigenvalue weighted by molar-refractivity contribution is -0.142. The molecule has 1 amide bonds. The van der Waals surface area contributed by atoms with E-state index in [0.29, 0.717) is 29.3 Å². The maximum atomic E-state index is 12.8. The summed E-state index contributed by atoms with van der Waals surface area (Å²) in [5, 5.41) is 16.3. The van der Waals surface area contributed by atoms with E-state index in [1.807, 2.05) is 64.5 Å². The SMILES string of the molecule is CCOC(=O)Cc1csc(=NC(=O)c2ccccc2)n1Cc1ccc(-c2ccccc2-c2nn[nH]n2)cc1. The number of thiazole rings is 1. The monoisotopic (exact) mass is 524 g/mol. The molecule has 0 aliphatic rings. The fourth-order valence-corrected chi connectivity index (χ4v) is 4.93. The minimum Gasteiger partial charge on any atom is -0.466 e. The summed E-state index contributed by atoms with van der Waals surface area (Å²) < 4.78 is 7.05. The number of nitrogens with zero attached hydrogens (tertiary/aromatic N) is 5. The number of rotatable bonds is 8. The van der Waals surface area contributed by atoms with Gasteiger partial charge < -0.3 is 9.30 Å². The number of hydrogen-bond acceptors (Lipinski definition) is 7. The number of carbonyl (C=O) groups is 2. The van der Waals surface area contributed by atoms with Gasteiger partial charge in [-0.1, -0.05) is 66.7 Å². The number of tetrazole rings is 1. The third kappa shape index (κ3) is 5.65. The van der Waals surface area contributed by atoms with Crippen molar-refractivity contribution in [2.75, 3.05) is 6.61 Å². The van der Waals surface area contributed by atoms with Gasteiger partial charge >= 0.3 is 5.97 Å². The van der Waals surface area contributed by atoms with Gasteiger partial charge in [0.2, 0.25) is 5.82 Å². The molecule has 10 heteroatoms. The molecule has 0 spiro atoms. The molecule has 5 aromatic rings. The molecular weight excluding hydrogens is 500 g/mol. The van der Waals surface area contributed by atoms with E-state index in [0.717, 1.165) is 27.9 Å². The van der Waals surface area contributed by atoms with Crippen molar-refractivity contribution in [3.8, 4) is 22.5 Å². The van der Waals surface area contributed by atoms with Gasteiger partial charge in [-0.25, -0.2) is 0 Å². The van der Waals surface area contributed by atoms with Gasteiger partial charge in [-0.3, -0.25) is 9.59 Å². The molecule has 5 rings (SSSR count). The van der Waals surface area contributed by atoms with Gasteiger partial charge in [0.05, 0.1) is 19.6 Å². The zero-order valence-electron chi connectivity index (χ0n) is 20.6. The van der Waals surface area contributed by atoms with E-state index >= 15 is 0 Å². The highest BCUT2D eigenvalue weighted by Gasteiger charge is 2.14. The number of hydrogen-bond donors (Lipinski definition) is 1. The first-order valence-corrected chi connectivity index (χ1v) is 12.9. The van der Waals surface area contributed by atoms with E-state index in [1.54, 1.807) is 31.2 Å². The first kappa shape index (κ1) is 25.0. The zero-order valence-corrected chi connectivity index (χ0v) is 21.4. The van der Waals surface area contributed by atoms with Crippen LogP contribution in [0.1, 0.15) is 28.5 Å². The van der Waals surface area contributed by atoms with Crippen molar-refractivity contribution in [1.82, 2.24) is 25.2 Å². The Labute approximate surface area is 222 Å². The van der Waals surface area contributed by atoms with Crippen LogP contribution in [0.15, 0.2) is 89.2 Å². The van der Waals surface area contributed by atoms with Crippen LogP contribution in [0.25, 0.3) is 22.5 Å². The van der Waals surface area contributed by atoms with Crippen LogP contribution < -0.4 is 4.80 Å². The molecule has 0 bridgehead atoms. The number of benzene rings is 3. The Hall–Kier alpha value is -4.70. The molecule has 0 radical (unpaired) electrons. The number of H-pyrrole nitrogens is 1. The molecule has 2 aromatic heterocycles. The van der Waals surface area contributed by atoms with Crippen molar-refractivity contribution in [3.05, 3.63) is 106 Å². The van der Waals surface area contributed by atoms with Gasteiger partial charge in [0, 0.05) is 22.2 Å². The zero-order chi connectivity index (χ0) is 26.3. The van der Waals surface area contributed by atoms with E-state index in [1.165, 1.54) is 11.3 Å². The second kappa shape index (κ2) is 11.6. The summed E-state index contributed by atoms with van der Waals surface area (Å²) in [5.41, 5.74) is 5.08. The largest absolute Gasteiger partial charge is 0.466 e. The van der Waals surface area contributed by atoms with Crippen LogP contribution in [0.5, 0.6) is 0 Å². The van der Waals surface area contributed by atoms with Crippen LogP contribution >= 0.6 is 11.3 Å². The van der Waals surface area contributed by atoms with Crippen molar-refractivity contribution in [2.24, 2.45) is 4.99 Å². The van der Waals surface area contributed by atoms with E-state index in [4.69, 9.17) is 4.74 Å². The summed E-state index contributed by atoms with van der Waals surface area (Å²) in [7, 11) is 0. The standard InChI is InChI=1S/C28H24N6O3S/c1-2-37-25(35)16-22-18-38-28(29-27(36)21-8-4-3-5-9-21)34(22)17-19-12-14-20(15-13-19)23-10-6-7-11-24(23)26-30-32-33-31-26/h3-15,18H,2,16-17H2,1H3,(H,30,31,32,33). The average molecular weight is 525 g/mol. The summed E-state index contributed by atoms with van der Waals surface area (Å²) in [4.78, 5) is 29.9. The predicted molar refractivity (Wildman–Crippen MR) is 143 cm³/mol. The van der Waals surface area contributed by atoms with Crippen molar-refractivity contribution in [2.45, 2.75) is 19.9 Å². The predicted octanol–water partition coefficient (Wildman–Crippen LogP) is 4.29. The number of nitrogens with one attached hydrogen (secondary N) is 1. The Bertz CT molecular complexity index is 1610. The second-order valence-corrected chi connectivity index (χ2v) is 9.18. The molecule has 0 saturated carbocycles. The quantitative estimate of drug-likeness (QED) is 0.303. The molecule has 0 aliphatic carbocycles. The van der Waals surface area contributed by atoms with E-state index < -0.39 is 0 Å². The van der Waals surface area contributed by atoms with Crippen molar-refractivity contribution >= 4 is 23.2 Å². The molecule has 38 heavy (non-hydrogen) atoms. The van der Waals surface area contributed by atoms with E-state index in [2.05, 4.69) is 25.6 Å². The average Bonchev–Trinajstić information content (AvgIpc) is 3.61. The molecule has 0 saturated heterocycles. The third-order valence-electron chi connectivity index (χ3n) is 5.85. The summed E-state index contributed by atoms with van der Waals surface area (Å²) in [6.45, 7) is 2.52. The van der Waals surface area contributed by atoms with Crippen LogP contribution in [-0.4, -0.2) is 43.7 Å². The first-order valence-electron chi connectivity index (χ1n) is 12.0. The molecule has 190 valence electrons. The lowest BCUT2D eigenvalue weighted by Crippen LogP contribution is -2.22. The normalized spacial score (nSPS) is 11.4. The number of carbonyl (C=O) groups excluding carboxylic acids is 2. The van der Waals surface area contributed by atoms with Gasteiger partial charge in [0.1, 0.15) is 0 Å². The van der Waals surface area contributed by atoms with Gasteiger partial charge in [-0.05, 0) is 41.0 Å². The van der Waals surface area contributed by atoms with Crippen molar-refractivity contribution in [1.29, 1.82) is 0 Å². The van der Waals surface area contributed by atoms with Crippen LogP contribution in [0.2, 0.25) is 0 Å². The molecule has 0 fully saturated rings. The number of aromatic nitrogens is 5. The van der Waals surface area contributed by atoms with Gasteiger partial charge in [-0.15, -0.1) is 21.5 Å². The van der Waals surface area contributed by atoms with E-state index in [9.17, 15) is 9.59 Å². The number of esters is 1. The van der Waals surface area contributed by atoms with E-state index in [-0.39, 0.29) is 18.3 Å². The molecular formula is C28H24N6O3S. The molecule has 9 nitrogen and oxygen atoms in total. The highest BCUT2D eigenvalue weighted by Crippen LogP contribution is 2.29. The maximum Gasteiger partial charge on any atom is 0.311 e. The third-order valence-corrected chi connectivity index (χ3v) is 6.76. The highest BCUT2D eigenvalue weighted by molar-refractivity contribution is 7.07. The second-order valence-electron chi connectivity index (χ2n) is 8.34. The number of amides is 1. The number of ether oxygens (including phenoxy) is 1. The van der Waals surface area contributed by atoms with Crippen LogP contribution in [0.4, 0.5) is 0 Å². The number of aromatic amines is 1. The Morgan fingerprint density at radius 1 is 0.974 bits per heavy atom.